The monoisotopic (exact) mass is 678 g/mol. The molecule has 3 heteroatoms. The van der Waals surface area contributed by atoms with Gasteiger partial charge in [-0.2, -0.15) is 0 Å². The smallest absolute Gasteiger partial charge is 0.252 e. The summed E-state index contributed by atoms with van der Waals surface area (Å²) in [6, 6.07) is 43.0. The van der Waals surface area contributed by atoms with Gasteiger partial charge in [0.15, 0.2) is 0 Å². The largest absolute Gasteiger partial charge is 0.310 e. The van der Waals surface area contributed by atoms with Crippen LogP contribution < -0.4 is 16.4 Å². The van der Waals surface area contributed by atoms with Crippen molar-refractivity contribution in [3.05, 3.63) is 137 Å². The molecule has 0 spiro atoms. The van der Waals surface area contributed by atoms with Gasteiger partial charge in [0, 0.05) is 43.7 Å². The first-order chi connectivity index (χ1) is 25.6. The number of nitrogens with zero attached hydrogens (tertiary/aromatic N) is 2. The third-order valence-electron chi connectivity index (χ3n) is 12.7. The van der Waals surface area contributed by atoms with Crippen molar-refractivity contribution < 1.29 is 0 Å². The van der Waals surface area contributed by atoms with E-state index in [-0.39, 0.29) is 12.1 Å². The second kappa shape index (κ2) is 9.59. The van der Waals surface area contributed by atoms with Crippen molar-refractivity contribution >= 4 is 99.0 Å². The molecule has 0 unspecified atom stereocenters. The Balaban J connectivity index is 1.42. The van der Waals surface area contributed by atoms with E-state index in [1.165, 1.54) is 132 Å². The maximum absolute atomic E-state index is 2.67. The quantitative estimate of drug-likeness (QED) is 0.112. The molecule has 53 heavy (non-hydrogen) atoms. The Morgan fingerprint density at radius 3 is 1.66 bits per heavy atom. The minimum Gasteiger partial charge on any atom is -0.310 e. The first-order valence-corrected chi connectivity index (χ1v) is 19.1. The number of hydrogen-bond acceptors (Lipinski definition) is 0. The zero-order chi connectivity index (χ0) is 35.8. The van der Waals surface area contributed by atoms with Crippen LogP contribution in [0.5, 0.6) is 0 Å². The van der Waals surface area contributed by atoms with Crippen molar-refractivity contribution in [2.24, 2.45) is 0 Å². The van der Waals surface area contributed by atoms with Gasteiger partial charge in [0.05, 0.1) is 16.7 Å². The molecule has 2 nitrogen and oxygen atoms in total. The van der Waals surface area contributed by atoms with Crippen LogP contribution >= 0.6 is 0 Å². The molecule has 0 saturated carbocycles. The van der Waals surface area contributed by atoms with E-state index >= 15 is 0 Å². The Bertz CT molecular complexity index is 3360. The highest BCUT2D eigenvalue weighted by Crippen LogP contribution is 2.46. The van der Waals surface area contributed by atoms with Crippen LogP contribution in [0.4, 0.5) is 0 Å². The molecular weight excluding hydrogens is 639 g/mol. The van der Waals surface area contributed by atoms with E-state index in [1.807, 2.05) is 0 Å². The van der Waals surface area contributed by atoms with Crippen molar-refractivity contribution in [3.63, 3.8) is 0 Å². The third kappa shape index (κ3) is 3.61. The molecule has 252 valence electrons. The SMILES string of the molecule is Cc1ccc2c(c1)c1cc(C)cc3c1n2-c1cc2c4ccc(C(C)(C)C)cc4c4ccccc4c2c2c1B3c1cc(C)cc3c4cc(C)ccc4n-2c13. The Hall–Kier alpha value is -5.80. The average Bonchev–Trinajstić information content (AvgIpc) is 3.62. The number of rotatable bonds is 0. The van der Waals surface area contributed by atoms with E-state index < -0.39 is 0 Å². The fraction of sp³-hybridized carbons (Fsp3) is 0.160. The second-order valence-corrected chi connectivity index (χ2v) is 17.3. The summed E-state index contributed by atoms with van der Waals surface area (Å²) in [7, 11) is 0. The molecule has 2 aromatic heterocycles. The van der Waals surface area contributed by atoms with Crippen LogP contribution in [-0.2, 0) is 5.41 Å². The highest BCUT2D eigenvalue weighted by atomic mass is 15.0. The van der Waals surface area contributed by atoms with E-state index in [9.17, 15) is 0 Å². The van der Waals surface area contributed by atoms with E-state index in [2.05, 4.69) is 167 Å². The van der Waals surface area contributed by atoms with Crippen LogP contribution in [0, 0.1) is 27.7 Å². The number of hydrogen-bond donors (Lipinski definition) is 0. The van der Waals surface area contributed by atoms with Gasteiger partial charge in [-0.15, -0.1) is 0 Å². The van der Waals surface area contributed by atoms with E-state index in [4.69, 9.17) is 0 Å². The van der Waals surface area contributed by atoms with Crippen LogP contribution in [-0.4, -0.2) is 15.8 Å². The highest BCUT2D eigenvalue weighted by molar-refractivity contribution is 7.00. The lowest BCUT2D eigenvalue weighted by molar-refractivity contribution is 0.591. The van der Waals surface area contributed by atoms with Crippen molar-refractivity contribution in [1.82, 2.24) is 9.13 Å². The summed E-state index contributed by atoms with van der Waals surface area (Å²) in [6.07, 6.45) is 0. The minimum atomic E-state index is 0.0462. The molecule has 0 N–H and O–H groups in total. The highest BCUT2D eigenvalue weighted by Gasteiger charge is 2.42. The zero-order valence-electron chi connectivity index (χ0n) is 31.4. The Labute approximate surface area is 309 Å². The maximum Gasteiger partial charge on any atom is 0.252 e. The second-order valence-electron chi connectivity index (χ2n) is 17.3. The first kappa shape index (κ1) is 29.7. The molecule has 0 fully saturated rings. The molecule has 4 heterocycles. The first-order valence-electron chi connectivity index (χ1n) is 19.1. The van der Waals surface area contributed by atoms with E-state index in [1.54, 1.807) is 0 Å². The molecule has 2 aliphatic heterocycles. The van der Waals surface area contributed by atoms with Crippen molar-refractivity contribution in [3.8, 4) is 11.4 Å². The Morgan fingerprint density at radius 1 is 0.453 bits per heavy atom. The molecule has 12 rings (SSSR count). The molecule has 0 amide bonds. The standard InChI is InChI=1S/C50H39BN2/c1-26-12-16-42-35(18-26)38-20-28(3)22-40-47(38)52(42)44-25-37-32-15-14-30(50(5,6)7)24-34(32)31-10-8-9-11-33(31)45(37)49-46(44)51(40)41-23-29(4)21-39-36-19-27(2)13-17-43(36)53(49)48(39)41/h8-25H,1-7H3. The molecule has 0 radical (unpaired) electrons. The van der Waals surface area contributed by atoms with Gasteiger partial charge in [-0.25, -0.2) is 0 Å². The average molecular weight is 679 g/mol. The van der Waals surface area contributed by atoms with Crippen LogP contribution in [0.3, 0.4) is 0 Å². The summed E-state index contributed by atoms with van der Waals surface area (Å²) >= 11 is 0. The van der Waals surface area contributed by atoms with Gasteiger partial charge in [0.25, 0.3) is 6.71 Å². The maximum atomic E-state index is 2.67. The predicted molar refractivity (Wildman–Crippen MR) is 230 cm³/mol. The zero-order valence-corrected chi connectivity index (χ0v) is 31.4. The summed E-state index contributed by atoms with van der Waals surface area (Å²) < 4.78 is 5.30. The van der Waals surface area contributed by atoms with Gasteiger partial charge >= 0.3 is 0 Å². The van der Waals surface area contributed by atoms with Gasteiger partial charge in [0.2, 0.25) is 0 Å². The van der Waals surface area contributed by atoms with Crippen molar-refractivity contribution in [2.45, 2.75) is 53.9 Å². The fourth-order valence-electron chi connectivity index (χ4n) is 10.5. The minimum absolute atomic E-state index is 0.0462. The third-order valence-corrected chi connectivity index (χ3v) is 12.7. The summed E-state index contributed by atoms with van der Waals surface area (Å²) in [6.45, 7) is 16.1. The Morgan fingerprint density at radius 2 is 1.02 bits per heavy atom. The van der Waals surface area contributed by atoms with Gasteiger partial charge in [-0.05, 0) is 131 Å². The van der Waals surface area contributed by atoms with Gasteiger partial charge in [-0.1, -0.05) is 104 Å². The number of aromatic nitrogens is 2. The van der Waals surface area contributed by atoms with E-state index in [0.717, 1.165) is 0 Å². The van der Waals surface area contributed by atoms with Crippen LogP contribution in [0.25, 0.3) is 87.3 Å². The Kier molecular flexibility index (Phi) is 5.38. The molecule has 8 aromatic carbocycles. The van der Waals surface area contributed by atoms with Crippen molar-refractivity contribution in [1.29, 1.82) is 0 Å². The van der Waals surface area contributed by atoms with Gasteiger partial charge in [-0.3, -0.25) is 0 Å². The molecule has 2 aliphatic rings. The number of benzene rings is 8. The molecule has 0 saturated heterocycles. The molecule has 0 atom stereocenters. The lowest BCUT2D eigenvalue weighted by atomic mass is 9.34. The van der Waals surface area contributed by atoms with Crippen LogP contribution in [0.1, 0.15) is 48.6 Å². The molecular formula is C50H39BN2. The number of fused-ring (bicyclic) bond motifs is 17. The summed E-state index contributed by atoms with van der Waals surface area (Å²) in [5.41, 5.74) is 18.8. The van der Waals surface area contributed by atoms with Crippen molar-refractivity contribution in [2.75, 3.05) is 0 Å². The lowest BCUT2D eigenvalue weighted by Gasteiger charge is -2.35. The fourth-order valence-corrected chi connectivity index (χ4v) is 10.5. The van der Waals surface area contributed by atoms with Gasteiger partial charge in [0.1, 0.15) is 0 Å². The normalized spacial score (nSPS) is 13.5. The molecule has 10 aromatic rings. The van der Waals surface area contributed by atoms with Crippen LogP contribution in [0.2, 0.25) is 0 Å². The summed E-state index contributed by atoms with van der Waals surface area (Å²) in [5, 5.41) is 13.4. The summed E-state index contributed by atoms with van der Waals surface area (Å²) in [5.74, 6) is 0. The topological polar surface area (TPSA) is 9.86 Å². The molecule has 0 aliphatic carbocycles. The number of aryl methyl sites for hydroxylation is 4. The lowest BCUT2D eigenvalue weighted by Crippen LogP contribution is -2.59. The van der Waals surface area contributed by atoms with E-state index in [0.29, 0.717) is 0 Å². The summed E-state index contributed by atoms with van der Waals surface area (Å²) in [4.78, 5) is 0. The van der Waals surface area contributed by atoms with Gasteiger partial charge < -0.3 is 9.13 Å². The van der Waals surface area contributed by atoms with Crippen LogP contribution in [0.15, 0.2) is 109 Å². The molecule has 0 bridgehead atoms. The predicted octanol–water partition coefficient (Wildman–Crippen LogP) is 11.0.